The van der Waals surface area contributed by atoms with Gasteiger partial charge in [0.2, 0.25) is 0 Å². The van der Waals surface area contributed by atoms with Crippen LogP contribution < -0.4 is 0 Å². The third-order valence-corrected chi connectivity index (χ3v) is 10.6. The molecule has 2 heteroatoms. The summed E-state index contributed by atoms with van der Waals surface area (Å²) in [5.41, 5.74) is 10.4. The number of hydrogen-bond acceptors (Lipinski definition) is 2. The van der Waals surface area contributed by atoms with Crippen molar-refractivity contribution in [2.24, 2.45) is 4.99 Å². The van der Waals surface area contributed by atoms with Crippen molar-refractivity contribution < 1.29 is 0 Å². The van der Waals surface area contributed by atoms with Gasteiger partial charge in [0.25, 0.3) is 0 Å². The van der Waals surface area contributed by atoms with Crippen LogP contribution in [0.25, 0.3) is 64.0 Å². The highest BCUT2D eigenvalue weighted by molar-refractivity contribution is 7.25. The molecule has 1 aliphatic rings. The largest absolute Gasteiger partial charge is 0.281 e. The van der Waals surface area contributed by atoms with E-state index in [1.165, 1.54) is 86.4 Å². The van der Waals surface area contributed by atoms with E-state index >= 15 is 0 Å². The molecule has 1 aromatic heterocycles. The molecule has 49 heavy (non-hydrogen) atoms. The molecule has 0 aliphatic carbocycles. The summed E-state index contributed by atoms with van der Waals surface area (Å²) < 4.78 is 2.71. The molecular weight excluding hydrogens is 611 g/mol. The van der Waals surface area contributed by atoms with Gasteiger partial charge in [-0.1, -0.05) is 164 Å². The Morgan fingerprint density at radius 2 is 1.06 bits per heavy atom. The normalized spacial score (nSPS) is 12.2. The molecule has 0 bridgehead atoms. The third kappa shape index (κ3) is 5.92. The van der Waals surface area contributed by atoms with E-state index in [-0.39, 0.29) is 0 Å². The second-order valence-electron chi connectivity index (χ2n) is 12.7. The van der Waals surface area contributed by atoms with Gasteiger partial charge in [-0.05, 0) is 79.0 Å². The summed E-state index contributed by atoms with van der Waals surface area (Å²) in [7, 11) is 0. The van der Waals surface area contributed by atoms with Gasteiger partial charge in [-0.3, -0.25) is 4.99 Å². The van der Waals surface area contributed by atoms with Crippen molar-refractivity contribution in [2.75, 3.05) is 6.54 Å². The van der Waals surface area contributed by atoms with E-state index in [4.69, 9.17) is 0 Å². The molecule has 8 aromatic carbocycles. The van der Waals surface area contributed by atoms with Gasteiger partial charge in [-0.25, -0.2) is 0 Å². The van der Waals surface area contributed by atoms with Gasteiger partial charge in [0.05, 0.1) is 12.3 Å². The molecule has 0 saturated heterocycles. The van der Waals surface area contributed by atoms with Gasteiger partial charge in [0.15, 0.2) is 0 Å². The lowest BCUT2D eigenvalue weighted by Gasteiger charge is -2.09. The van der Waals surface area contributed by atoms with Gasteiger partial charge in [0, 0.05) is 20.2 Å². The Balaban J connectivity index is 0.000000147. The molecule has 0 spiro atoms. The fourth-order valence-electron chi connectivity index (χ4n) is 6.99. The van der Waals surface area contributed by atoms with E-state index < -0.39 is 0 Å². The lowest BCUT2D eigenvalue weighted by molar-refractivity contribution is 1.20. The Hall–Kier alpha value is -5.83. The first-order valence-corrected chi connectivity index (χ1v) is 17.7. The monoisotopic (exact) mass is 643 g/mol. The molecule has 0 amide bonds. The van der Waals surface area contributed by atoms with Gasteiger partial charge < -0.3 is 0 Å². The SMILES string of the molecule is c1cc(Cc2ccc3ccccc3c2)cc(-c2cccc3sc4ccccc4c23)c1.c1ccc2c(-c3ccc(C4=NC4)cc3)cccc2c1. The first-order valence-electron chi connectivity index (χ1n) is 16.9. The van der Waals surface area contributed by atoms with Crippen LogP contribution >= 0.6 is 11.3 Å². The number of nitrogens with zero attached hydrogens (tertiary/aromatic N) is 1. The number of aliphatic imine (C=N–C) groups is 1. The summed E-state index contributed by atoms with van der Waals surface area (Å²) in [4.78, 5) is 4.24. The number of thiophene rings is 1. The molecule has 0 atom stereocenters. The van der Waals surface area contributed by atoms with E-state index in [9.17, 15) is 0 Å². The number of fused-ring (bicyclic) bond motifs is 5. The highest BCUT2D eigenvalue weighted by Crippen LogP contribution is 2.40. The molecule has 0 fully saturated rings. The Morgan fingerprint density at radius 3 is 1.92 bits per heavy atom. The van der Waals surface area contributed by atoms with Crippen LogP contribution in [0.4, 0.5) is 0 Å². The van der Waals surface area contributed by atoms with Crippen LogP contribution in [0.1, 0.15) is 16.7 Å². The smallest absolute Gasteiger partial charge is 0.0817 e. The van der Waals surface area contributed by atoms with Crippen LogP contribution in [0.2, 0.25) is 0 Å². The summed E-state index contributed by atoms with van der Waals surface area (Å²) in [5, 5.41) is 7.93. The molecular formula is C47H33NS. The first-order chi connectivity index (χ1) is 24.3. The average Bonchev–Trinajstić information content (AvgIpc) is 3.95. The van der Waals surface area contributed by atoms with Crippen molar-refractivity contribution in [2.45, 2.75) is 6.42 Å². The lowest BCUT2D eigenvalue weighted by Crippen LogP contribution is -1.89. The van der Waals surface area contributed by atoms with Gasteiger partial charge in [-0.15, -0.1) is 11.3 Å². The Labute approximate surface area is 290 Å². The van der Waals surface area contributed by atoms with E-state index in [0.29, 0.717) is 0 Å². The van der Waals surface area contributed by atoms with Crippen LogP contribution in [0.5, 0.6) is 0 Å². The summed E-state index contributed by atoms with van der Waals surface area (Å²) in [5.74, 6) is 0. The fourth-order valence-corrected chi connectivity index (χ4v) is 8.12. The molecule has 0 saturated carbocycles. The zero-order valence-electron chi connectivity index (χ0n) is 27.0. The van der Waals surface area contributed by atoms with Crippen LogP contribution in [0.3, 0.4) is 0 Å². The van der Waals surface area contributed by atoms with E-state index in [2.05, 4.69) is 181 Å². The molecule has 2 heterocycles. The summed E-state index contributed by atoms with van der Waals surface area (Å²) >= 11 is 1.88. The quantitative estimate of drug-likeness (QED) is 0.177. The maximum absolute atomic E-state index is 4.24. The minimum Gasteiger partial charge on any atom is -0.281 e. The predicted octanol–water partition coefficient (Wildman–Crippen LogP) is 12.8. The minimum atomic E-state index is 0.910. The van der Waals surface area contributed by atoms with Gasteiger partial charge in [-0.2, -0.15) is 0 Å². The number of rotatable bonds is 5. The second kappa shape index (κ2) is 12.6. The molecule has 1 aliphatic heterocycles. The highest BCUT2D eigenvalue weighted by atomic mass is 32.1. The van der Waals surface area contributed by atoms with E-state index in [1.807, 2.05) is 11.3 Å². The summed E-state index contributed by atoms with van der Waals surface area (Å²) in [6.07, 6.45) is 0.943. The average molecular weight is 644 g/mol. The Bertz CT molecular complexity index is 2650. The topological polar surface area (TPSA) is 12.4 Å². The van der Waals surface area contributed by atoms with Crippen molar-refractivity contribution >= 4 is 58.8 Å². The van der Waals surface area contributed by atoms with Crippen molar-refractivity contribution in [1.82, 2.24) is 0 Å². The van der Waals surface area contributed by atoms with Crippen LogP contribution in [-0.4, -0.2) is 12.3 Å². The third-order valence-electron chi connectivity index (χ3n) is 9.50. The second-order valence-corrected chi connectivity index (χ2v) is 13.8. The van der Waals surface area contributed by atoms with Crippen LogP contribution in [0.15, 0.2) is 181 Å². The van der Waals surface area contributed by atoms with Gasteiger partial charge in [0.1, 0.15) is 0 Å². The molecule has 0 N–H and O–H groups in total. The van der Waals surface area contributed by atoms with Crippen LogP contribution in [0, 0.1) is 0 Å². The molecule has 9 aromatic rings. The van der Waals surface area contributed by atoms with E-state index in [0.717, 1.165) is 13.0 Å². The lowest BCUT2D eigenvalue weighted by atomic mass is 9.95. The molecule has 10 rings (SSSR count). The van der Waals surface area contributed by atoms with Crippen molar-refractivity contribution in [3.63, 3.8) is 0 Å². The zero-order chi connectivity index (χ0) is 32.6. The van der Waals surface area contributed by atoms with Crippen molar-refractivity contribution in [1.29, 1.82) is 0 Å². The molecule has 232 valence electrons. The fraction of sp³-hybridized carbons (Fsp3) is 0.0426. The Kier molecular flexibility index (Phi) is 7.57. The summed E-state index contributed by atoms with van der Waals surface area (Å²) in [6, 6.07) is 63.5. The maximum Gasteiger partial charge on any atom is 0.0817 e. The number of benzene rings is 8. The maximum atomic E-state index is 4.24. The van der Waals surface area contributed by atoms with Crippen molar-refractivity contribution in [3.05, 3.63) is 193 Å². The molecule has 0 unspecified atom stereocenters. The summed E-state index contributed by atoms with van der Waals surface area (Å²) in [6.45, 7) is 0.910. The number of hydrogen-bond donors (Lipinski definition) is 0. The van der Waals surface area contributed by atoms with E-state index in [1.54, 1.807) is 0 Å². The zero-order valence-corrected chi connectivity index (χ0v) is 27.8. The van der Waals surface area contributed by atoms with Gasteiger partial charge >= 0.3 is 0 Å². The highest BCUT2D eigenvalue weighted by Gasteiger charge is 2.13. The first kappa shape index (κ1) is 29.3. The standard InChI is InChI=1S/C29H20S.C18H13N/c1-2-9-23-18-21(15-16-22(23)8-1)17-20-7-5-10-24(19-20)25-12-6-14-28-29(25)26-11-3-4-13-27(26)30-28;1-2-6-16-13(4-1)5-3-7-17(16)14-8-10-15(11-9-14)18-12-19-18/h1-16,18-19H,17H2;1-11H,12H2. The van der Waals surface area contributed by atoms with Crippen molar-refractivity contribution in [3.8, 4) is 22.3 Å². The minimum absolute atomic E-state index is 0.910. The molecule has 1 nitrogen and oxygen atoms in total. The van der Waals surface area contributed by atoms with Crippen LogP contribution in [-0.2, 0) is 6.42 Å². The molecule has 0 radical (unpaired) electrons. The Morgan fingerprint density at radius 1 is 0.429 bits per heavy atom. The predicted molar refractivity (Wildman–Crippen MR) is 212 cm³/mol.